The van der Waals surface area contributed by atoms with Gasteiger partial charge in [0.25, 0.3) is 0 Å². The van der Waals surface area contributed by atoms with Crippen LogP contribution in [0.2, 0.25) is 0 Å². The van der Waals surface area contributed by atoms with Crippen LogP contribution < -0.4 is 0 Å². The van der Waals surface area contributed by atoms with Crippen LogP contribution in [0.25, 0.3) is 0 Å². The Morgan fingerprint density at radius 3 is 2.77 bits per heavy atom. The number of methoxy groups -OCH3 is 1. The van der Waals surface area contributed by atoms with E-state index < -0.39 is 0 Å². The molecule has 22 heavy (non-hydrogen) atoms. The zero-order valence-electron chi connectivity index (χ0n) is 13.0. The maximum Gasteiger partial charge on any atom is 0.410 e. The van der Waals surface area contributed by atoms with Crippen molar-refractivity contribution in [2.24, 2.45) is 0 Å². The van der Waals surface area contributed by atoms with Gasteiger partial charge in [-0.05, 0) is 36.8 Å². The maximum atomic E-state index is 12.5. The highest BCUT2D eigenvalue weighted by atomic mass is 16.6. The second-order valence-electron chi connectivity index (χ2n) is 6.06. The quantitative estimate of drug-likeness (QED) is 0.799. The number of hydrogen-bond donors (Lipinski definition) is 0. The topological polar surface area (TPSA) is 38.8 Å². The summed E-state index contributed by atoms with van der Waals surface area (Å²) in [5.41, 5.74) is 2.33. The Labute approximate surface area is 131 Å². The summed E-state index contributed by atoms with van der Waals surface area (Å²) in [5.74, 6) is 0. The standard InChI is InChI=1S/C18H23NO3/c1-21-12-15-10-16-8-5-9-17(11-15)19(16)18(20)22-13-14-6-3-2-4-7-14/h2-4,6-7,10,16-17H,5,8-9,11-13H2,1H3. The largest absolute Gasteiger partial charge is 0.445 e. The Balaban J connectivity index is 1.65. The number of carbonyl (C=O) groups is 1. The zero-order chi connectivity index (χ0) is 15.4. The minimum absolute atomic E-state index is 0.168. The van der Waals surface area contributed by atoms with Crippen molar-refractivity contribution in [1.82, 2.24) is 4.90 Å². The van der Waals surface area contributed by atoms with Crippen molar-refractivity contribution in [2.75, 3.05) is 13.7 Å². The van der Waals surface area contributed by atoms with Crippen LogP contribution >= 0.6 is 0 Å². The van der Waals surface area contributed by atoms with Gasteiger partial charge in [0, 0.05) is 13.2 Å². The first-order chi connectivity index (χ1) is 10.8. The van der Waals surface area contributed by atoms with Crippen molar-refractivity contribution >= 4 is 6.09 Å². The van der Waals surface area contributed by atoms with Crippen LogP contribution in [0.15, 0.2) is 42.0 Å². The Hall–Kier alpha value is -1.81. The van der Waals surface area contributed by atoms with E-state index in [1.165, 1.54) is 12.0 Å². The predicted molar refractivity (Wildman–Crippen MR) is 84.5 cm³/mol. The van der Waals surface area contributed by atoms with E-state index in [-0.39, 0.29) is 18.2 Å². The highest BCUT2D eigenvalue weighted by molar-refractivity contribution is 5.69. The van der Waals surface area contributed by atoms with Crippen molar-refractivity contribution in [3.63, 3.8) is 0 Å². The summed E-state index contributed by atoms with van der Waals surface area (Å²) in [6.07, 6.45) is 6.16. The molecule has 4 nitrogen and oxygen atoms in total. The summed E-state index contributed by atoms with van der Waals surface area (Å²) in [6.45, 7) is 1.00. The molecule has 1 saturated heterocycles. The van der Waals surface area contributed by atoms with Gasteiger partial charge in [-0.15, -0.1) is 0 Å². The van der Waals surface area contributed by atoms with Crippen molar-refractivity contribution in [3.05, 3.63) is 47.5 Å². The number of benzene rings is 1. The molecule has 2 aliphatic heterocycles. The van der Waals surface area contributed by atoms with E-state index in [1.807, 2.05) is 35.2 Å². The van der Waals surface area contributed by atoms with Gasteiger partial charge in [-0.25, -0.2) is 4.79 Å². The molecule has 0 aliphatic carbocycles. The van der Waals surface area contributed by atoms with E-state index in [0.717, 1.165) is 24.8 Å². The van der Waals surface area contributed by atoms with E-state index in [0.29, 0.717) is 13.2 Å². The van der Waals surface area contributed by atoms with Crippen LogP contribution in [0, 0.1) is 0 Å². The van der Waals surface area contributed by atoms with Gasteiger partial charge in [-0.1, -0.05) is 36.4 Å². The molecule has 1 aromatic carbocycles. The fraction of sp³-hybridized carbons (Fsp3) is 0.500. The summed E-state index contributed by atoms with van der Waals surface area (Å²) in [6, 6.07) is 10.2. The molecule has 0 saturated carbocycles. The van der Waals surface area contributed by atoms with Crippen LogP contribution in [0.4, 0.5) is 4.79 Å². The minimum atomic E-state index is -0.189. The summed E-state index contributed by atoms with van der Waals surface area (Å²) in [7, 11) is 1.72. The van der Waals surface area contributed by atoms with Crippen LogP contribution in [0.1, 0.15) is 31.2 Å². The number of piperidine rings is 1. The molecule has 1 fully saturated rings. The lowest BCUT2D eigenvalue weighted by Gasteiger charge is -2.44. The van der Waals surface area contributed by atoms with Crippen molar-refractivity contribution in [3.8, 4) is 0 Å². The molecule has 0 N–H and O–H groups in total. The molecule has 2 heterocycles. The fourth-order valence-corrected chi connectivity index (χ4v) is 3.49. The molecule has 118 valence electrons. The molecule has 1 aromatic rings. The molecule has 1 amide bonds. The molecule has 0 spiro atoms. The summed E-state index contributed by atoms with van der Waals surface area (Å²) < 4.78 is 10.8. The Morgan fingerprint density at radius 1 is 1.23 bits per heavy atom. The normalized spacial score (nSPS) is 23.9. The van der Waals surface area contributed by atoms with Gasteiger partial charge in [0.2, 0.25) is 0 Å². The van der Waals surface area contributed by atoms with E-state index in [1.54, 1.807) is 7.11 Å². The smallest absolute Gasteiger partial charge is 0.410 e. The zero-order valence-corrected chi connectivity index (χ0v) is 13.0. The highest BCUT2D eigenvalue weighted by Gasteiger charge is 2.37. The van der Waals surface area contributed by atoms with Gasteiger partial charge in [0.05, 0.1) is 12.6 Å². The molecular weight excluding hydrogens is 278 g/mol. The lowest BCUT2D eigenvalue weighted by Crippen LogP contribution is -2.52. The molecule has 2 unspecified atom stereocenters. The maximum absolute atomic E-state index is 12.5. The van der Waals surface area contributed by atoms with E-state index in [2.05, 4.69) is 6.08 Å². The van der Waals surface area contributed by atoms with E-state index >= 15 is 0 Å². The third-order valence-electron chi connectivity index (χ3n) is 4.46. The third kappa shape index (κ3) is 3.33. The first kappa shape index (κ1) is 15.1. The Morgan fingerprint density at radius 2 is 2.05 bits per heavy atom. The van der Waals surface area contributed by atoms with Gasteiger partial charge >= 0.3 is 6.09 Å². The van der Waals surface area contributed by atoms with Crippen LogP contribution in [0.3, 0.4) is 0 Å². The van der Waals surface area contributed by atoms with E-state index in [9.17, 15) is 4.79 Å². The van der Waals surface area contributed by atoms with Gasteiger partial charge in [-0.3, -0.25) is 4.90 Å². The Kier molecular flexibility index (Phi) is 4.78. The third-order valence-corrected chi connectivity index (χ3v) is 4.46. The van der Waals surface area contributed by atoms with Gasteiger partial charge in [0.15, 0.2) is 0 Å². The molecule has 3 rings (SSSR count). The van der Waals surface area contributed by atoms with Crippen LogP contribution in [-0.2, 0) is 16.1 Å². The summed E-state index contributed by atoms with van der Waals surface area (Å²) >= 11 is 0. The highest BCUT2D eigenvalue weighted by Crippen LogP contribution is 2.33. The molecule has 2 bridgehead atoms. The molecule has 2 aliphatic rings. The van der Waals surface area contributed by atoms with Crippen molar-refractivity contribution < 1.29 is 14.3 Å². The SMILES string of the molecule is COCC1=CC2CCCC(C1)N2C(=O)OCc1ccccc1. The number of carbonyl (C=O) groups excluding carboxylic acids is 1. The van der Waals surface area contributed by atoms with E-state index in [4.69, 9.17) is 9.47 Å². The lowest BCUT2D eigenvalue weighted by atomic mass is 9.85. The number of rotatable bonds is 4. The molecule has 0 radical (unpaired) electrons. The van der Waals surface area contributed by atoms with Gasteiger partial charge in [0.1, 0.15) is 6.61 Å². The van der Waals surface area contributed by atoms with Gasteiger partial charge < -0.3 is 9.47 Å². The second-order valence-corrected chi connectivity index (χ2v) is 6.06. The molecule has 4 heteroatoms. The summed E-state index contributed by atoms with van der Waals surface area (Å²) in [4.78, 5) is 14.4. The second kappa shape index (κ2) is 6.97. The van der Waals surface area contributed by atoms with Crippen molar-refractivity contribution in [1.29, 1.82) is 0 Å². The number of hydrogen-bond acceptors (Lipinski definition) is 3. The monoisotopic (exact) mass is 301 g/mol. The number of amides is 1. The number of fused-ring (bicyclic) bond motifs is 2. The Bertz CT molecular complexity index is 541. The number of ether oxygens (including phenoxy) is 2. The lowest BCUT2D eigenvalue weighted by molar-refractivity contribution is 0.0462. The summed E-state index contributed by atoms with van der Waals surface area (Å²) in [5, 5.41) is 0. The predicted octanol–water partition coefficient (Wildman–Crippen LogP) is 3.52. The first-order valence-electron chi connectivity index (χ1n) is 7.95. The molecular formula is C18H23NO3. The number of nitrogens with zero attached hydrogens (tertiary/aromatic N) is 1. The van der Waals surface area contributed by atoms with Crippen LogP contribution in [-0.4, -0.2) is 36.8 Å². The average molecular weight is 301 g/mol. The van der Waals surface area contributed by atoms with Crippen molar-refractivity contribution in [2.45, 2.75) is 44.4 Å². The minimum Gasteiger partial charge on any atom is -0.445 e. The first-order valence-corrected chi connectivity index (χ1v) is 7.95. The van der Waals surface area contributed by atoms with Gasteiger partial charge in [-0.2, -0.15) is 0 Å². The fourth-order valence-electron chi connectivity index (χ4n) is 3.49. The molecule has 0 aromatic heterocycles. The van der Waals surface area contributed by atoms with Crippen LogP contribution in [0.5, 0.6) is 0 Å². The molecule has 2 atom stereocenters. The average Bonchev–Trinajstić information content (AvgIpc) is 2.53.